The summed E-state index contributed by atoms with van der Waals surface area (Å²) in [6, 6.07) is 19.2. The molecule has 0 bridgehead atoms. The van der Waals surface area contributed by atoms with Crippen LogP contribution in [0.3, 0.4) is 0 Å². The Kier molecular flexibility index (Phi) is 4.87. The molecule has 5 heteroatoms. The van der Waals surface area contributed by atoms with Crippen LogP contribution in [0.25, 0.3) is 6.08 Å². The van der Waals surface area contributed by atoms with Crippen molar-refractivity contribution in [2.45, 2.75) is 6.92 Å². The smallest absolute Gasteiger partial charge is 0.343 e. The quantitative estimate of drug-likeness (QED) is 0.365. The SMILES string of the molecule is COc1cccc(/C=C2\Oc3cc(OC(=O)c4ccccc4C)ccc3C2=O)c1. The lowest BCUT2D eigenvalue weighted by Crippen LogP contribution is -2.10. The van der Waals surface area contributed by atoms with Crippen LogP contribution >= 0.6 is 0 Å². The number of hydrogen-bond acceptors (Lipinski definition) is 5. The van der Waals surface area contributed by atoms with Crippen LogP contribution in [0.2, 0.25) is 0 Å². The van der Waals surface area contributed by atoms with Gasteiger partial charge in [-0.25, -0.2) is 4.79 Å². The van der Waals surface area contributed by atoms with Crippen molar-refractivity contribution in [2.24, 2.45) is 0 Å². The molecule has 3 aromatic rings. The first-order chi connectivity index (χ1) is 14.0. The van der Waals surface area contributed by atoms with Crippen molar-refractivity contribution in [2.75, 3.05) is 7.11 Å². The molecular formula is C24H18O5. The number of hydrogen-bond donors (Lipinski definition) is 0. The van der Waals surface area contributed by atoms with Crippen molar-refractivity contribution in [1.29, 1.82) is 0 Å². The Balaban J connectivity index is 1.56. The first kappa shape index (κ1) is 18.5. The largest absolute Gasteiger partial charge is 0.497 e. The number of carbonyl (C=O) groups excluding carboxylic acids is 2. The van der Waals surface area contributed by atoms with E-state index in [4.69, 9.17) is 14.2 Å². The third-order valence-electron chi connectivity index (χ3n) is 4.61. The molecule has 0 aromatic heterocycles. The highest BCUT2D eigenvalue weighted by Gasteiger charge is 2.28. The number of methoxy groups -OCH3 is 1. The summed E-state index contributed by atoms with van der Waals surface area (Å²) >= 11 is 0. The molecule has 1 aliphatic heterocycles. The highest BCUT2D eigenvalue weighted by Crippen LogP contribution is 2.35. The van der Waals surface area contributed by atoms with Gasteiger partial charge in [-0.15, -0.1) is 0 Å². The lowest BCUT2D eigenvalue weighted by Gasteiger charge is -2.07. The fraction of sp³-hybridized carbons (Fsp3) is 0.0833. The van der Waals surface area contributed by atoms with E-state index in [9.17, 15) is 9.59 Å². The Morgan fingerprint density at radius 2 is 1.79 bits per heavy atom. The molecule has 5 nitrogen and oxygen atoms in total. The van der Waals surface area contributed by atoms with Crippen LogP contribution in [0.4, 0.5) is 0 Å². The minimum atomic E-state index is -0.459. The van der Waals surface area contributed by atoms with Crippen LogP contribution in [0.15, 0.2) is 72.5 Å². The van der Waals surface area contributed by atoms with Crippen molar-refractivity contribution < 1.29 is 23.8 Å². The van der Waals surface area contributed by atoms with Gasteiger partial charge in [-0.1, -0.05) is 30.3 Å². The second kappa shape index (κ2) is 7.64. The van der Waals surface area contributed by atoms with E-state index in [1.807, 2.05) is 43.3 Å². The van der Waals surface area contributed by atoms with Crippen molar-refractivity contribution in [3.8, 4) is 17.2 Å². The summed E-state index contributed by atoms with van der Waals surface area (Å²) in [5.74, 6) is 0.883. The zero-order chi connectivity index (χ0) is 20.4. The standard InChI is InChI=1S/C24H18O5/c1-15-6-3-4-9-19(15)24(26)28-18-10-11-20-21(14-18)29-22(23(20)25)13-16-7-5-8-17(12-16)27-2/h3-14H,1-2H3/b22-13-. The summed E-state index contributed by atoms with van der Waals surface area (Å²) in [5, 5.41) is 0. The summed E-state index contributed by atoms with van der Waals surface area (Å²) in [6.45, 7) is 1.84. The molecule has 0 saturated carbocycles. The first-order valence-corrected chi connectivity index (χ1v) is 9.05. The first-order valence-electron chi connectivity index (χ1n) is 9.05. The Morgan fingerprint density at radius 3 is 2.59 bits per heavy atom. The molecule has 0 spiro atoms. The lowest BCUT2D eigenvalue weighted by molar-refractivity contribution is 0.0733. The minimum Gasteiger partial charge on any atom is -0.497 e. The zero-order valence-corrected chi connectivity index (χ0v) is 16.0. The molecule has 0 amide bonds. The fourth-order valence-electron chi connectivity index (χ4n) is 3.08. The average molecular weight is 386 g/mol. The fourth-order valence-corrected chi connectivity index (χ4v) is 3.08. The number of benzene rings is 3. The molecule has 29 heavy (non-hydrogen) atoms. The summed E-state index contributed by atoms with van der Waals surface area (Å²) in [4.78, 5) is 25.0. The number of ether oxygens (including phenoxy) is 3. The topological polar surface area (TPSA) is 61.8 Å². The lowest BCUT2D eigenvalue weighted by atomic mass is 10.1. The van der Waals surface area contributed by atoms with Gasteiger partial charge in [-0.2, -0.15) is 0 Å². The van der Waals surface area contributed by atoms with E-state index >= 15 is 0 Å². The van der Waals surface area contributed by atoms with E-state index in [0.717, 1.165) is 11.1 Å². The van der Waals surface area contributed by atoms with E-state index in [0.29, 0.717) is 28.4 Å². The van der Waals surface area contributed by atoms with Gasteiger partial charge in [0.1, 0.15) is 17.2 Å². The molecule has 3 aromatic carbocycles. The summed E-state index contributed by atoms with van der Waals surface area (Å²) in [6.07, 6.45) is 1.66. The summed E-state index contributed by atoms with van der Waals surface area (Å²) in [7, 11) is 1.58. The second-order valence-electron chi connectivity index (χ2n) is 6.58. The van der Waals surface area contributed by atoms with Gasteiger partial charge in [0.25, 0.3) is 0 Å². The number of allylic oxidation sites excluding steroid dienone is 1. The molecule has 0 aliphatic carbocycles. The predicted octanol–water partition coefficient (Wildman–Crippen LogP) is 4.84. The van der Waals surface area contributed by atoms with Gasteiger partial charge < -0.3 is 14.2 Å². The maximum Gasteiger partial charge on any atom is 0.343 e. The highest BCUT2D eigenvalue weighted by molar-refractivity contribution is 6.14. The molecule has 0 atom stereocenters. The van der Waals surface area contributed by atoms with E-state index < -0.39 is 5.97 Å². The number of aryl methyl sites for hydroxylation is 1. The molecule has 1 heterocycles. The van der Waals surface area contributed by atoms with Crippen LogP contribution in [-0.2, 0) is 0 Å². The number of carbonyl (C=O) groups is 2. The van der Waals surface area contributed by atoms with Gasteiger partial charge >= 0.3 is 5.97 Å². The summed E-state index contributed by atoms with van der Waals surface area (Å²) < 4.78 is 16.4. The average Bonchev–Trinajstić information content (AvgIpc) is 3.03. The maximum absolute atomic E-state index is 12.6. The summed E-state index contributed by atoms with van der Waals surface area (Å²) in [5.41, 5.74) is 2.53. The van der Waals surface area contributed by atoms with E-state index in [2.05, 4.69) is 0 Å². The van der Waals surface area contributed by atoms with Crippen LogP contribution in [0.1, 0.15) is 31.8 Å². The van der Waals surface area contributed by atoms with Gasteiger partial charge in [0.2, 0.25) is 5.78 Å². The van der Waals surface area contributed by atoms with Gasteiger partial charge in [0.05, 0.1) is 18.2 Å². The molecular weight excluding hydrogens is 368 g/mol. The molecule has 144 valence electrons. The van der Waals surface area contributed by atoms with Crippen molar-refractivity contribution in [3.05, 3.63) is 94.7 Å². The maximum atomic E-state index is 12.6. The Hall–Kier alpha value is -3.86. The Labute approximate surface area is 168 Å². The molecule has 4 rings (SSSR count). The molecule has 0 radical (unpaired) electrons. The number of Topliss-reactive ketones (excluding diaryl/α,β-unsaturated/α-hetero) is 1. The second-order valence-corrected chi connectivity index (χ2v) is 6.58. The van der Waals surface area contributed by atoms with Gasteiger partial charge in [-0.05, 0) is 54.5 Å². The van der Waals surface area contributed by atoms with E-state index in [1.165, 1.54) is 0 Å². The van der Waals surface area contributed by atoms with Crippen molar-refractivity contribution in [1.82, 2.24) is 0 Å². The third-order valence-corrected chi connectivity index (χ3v) is 4.61. The molecule has 1 aliphatic rings. The number of fused-ring (bicyclic) bond motifs is 1. The Bertz CT molecular complexity index is 1140. The van der Waals surface area contributed by atoms with Gasteiger partial charge in [0, 0.05) is 6.07 Å². The van der Waals surface area contributed by atoms with Crippen LogP contribution in [0.5, 0.6) is 17.2 Å². The number of ketones is 1. The molecule has 0 N–H and O–H groups in total. The normalized spacial score (nSPS) is 13.7. The Morgan fingerprint density at radius 1 is 0.966 bits per heavy atom. The molecule has 0 fully saturated rings. The van der Waals surface area contributed by atoms with Gasteiger partial charge in [0.15, 0.2) is 5.76 Å². The zero-order valence-electron chi connectivity index (χ0n) is 16.0. The number of esters is 1. The molecule has 0 unspecified atom stereocenters. The van der Waals surface area contributed by atoms with E-state index in [1.54, 1.807) is 43.5 Å². The number of rotatable bonds is 4. The highest BCUT2D eigenvalue weighted by atomic mass is 16.5. The predicted molar refractivity (Wildman–Crippen MR) is 109 cm³/mol. The monoisotopic (exact) mass is 386 g/mol. The minimum absolute atomic E-state index is 0.204. The van der Waals surface area contributed by atoms with Crippen molar-refractivity contribution >= 4 is 17.8 Å². The third kappa shape index (κ3) is 3.75. The van der Waals surface area contributed by atoms with Crippen LogP contribution in [-0.4, -0.2) is 18.9 Å². The van der Waals surface area contributed by atoms with Crippen LogP contribution in [0, 0.1) is 6.92 Å². The van der Waals surface area contributed by atoms with Crippen molar-refractivity contribution in [3.63, 3.8) is 0 Å². The van der Waals surface area contributed by atoms with Gasteiger partial charge in [-0.3, -0.25) is 4.79 Å². The van der Waals surface area contributed by atoms with Crippen LogP contribution < -0.4 is 14.2 Å². The van der Waals surface area contributed by atoms with E-state index in [-0.39, 0.29) is 11.5 Å². The molecule has 0 saturated heterocycles.